The molecule has 2 aromatic rings. The Morgan fingerprint density at radius 1 is 1.11 bits per heavy atom. The molecule has 1 N–H and O–H groups in total. The van der Waals surface area contributed by atoms with Crippen LogP contribution in [0, 0.1) is 3.57 Å². The largest absolute Gasteiger partial charge is 0.380 e. The minimum atomic E-state index is 0.637. The smallest absolute Gasteiger partial charge is 0.0488 e. The Morgan fingerprint density at radius 3 is 2.61 bits per heavy atom. The minimum absolute atomic E-state index is 0.637. The Balaban J connectivity index is 2.13. The predicted molar refractivity (Wildman–Crippen MR) is 90.6 cm³/mol. The van der Waals surface area contributed by atoms with Gasteiger partial charge in [0.15, 0.2) is 0 Å². The van der Waals surface area contributed by atoms with Crippen LogP contribution in [-0.4, -0.2) is 0 Å². The number of hydrogen-bond acceptors (Lipinski definition) is 1. The summed E-state index contributed by atoms with van der Waals surface area (Å²) in [5.74, 6) is 0. The number of rotatable bonds is 3. The molecule has 5 heteroatoms. The summed E-state index contributed by atoms with van der Waals surface area (Å²) in [6.45, 7) is 0.637. The van der Waals surface area contributed by atoms with E-state index in [4.69, 9.17) is 23.2 Å². The van der Waals surface area contributed by atoms with Crippen LogP contribution in [0.3, 0.4) is 0 Å². The fourth-order valence-electron chi connectivity index (χ4n) is 1.50. The maximum absolute atomic E-state index is 6.12. The van der Waals surface area contributed by atoms with E-state index in [1.807, 2.05) is 24.3 Å². The number of hydrogen-bond donors (Lipinski definition) is 1. The third-order valence-corrected chi connectivity index (χ3v) is 4.34. The van der Waals surface area contributed by atoms with Crippen LogP contribution in [0.25, 0.3) is 0 Å². The normalized spacial score (nSPS) is 10.4. The van der Waals surface area contributed by atoms with Crippen molar-refractivity contribution in [2.24, 2.45) is 0 Å². The zero-order chi connectivity index (χ0) is 13.1. The Bertz CT molecular complexity index is 575. The molecule has 0 radical (unpaired) electrons. The van der Waals surface area contributed by atoms with Gasteiger partial charge in [0, 0.05) is 30.3 Å². The SMILES string of the molecule is Clc1ccc(Cl)c(CNc2ccc(I)cc2Br)c1. The van der Waals surface area contributed by atoms with Gasteiger partial charge >= 0.3 is 0 Å². The highest BCUT2D eigenvalue weighted by Crippen LogP contribution is 2.26. The van der Waals surface area contributed by atoms with Crippen molar-refractivity contribution < 1.29 is 0 Å². The quantitative estimate of drug-likeness (QED) is 0.561. The monoisotopic (exact) mass is 455 g/mol. The topological polar surface area (TPSA) is 12.0 Å². The van der Waals surface area contributed by atoms with Crippen molar-refractivity contribution in [3.05, 3.63) is 60.0 Å². The van der Waals surface area contributed by atoms with Gasteiger partial charge in [0.05, 0.1) is 0 Å². The van der Waals surface area contributed by atoms with Crippen molar-refractivity contribution in [1.82, 2.24) is 0 Å². The summed E-state index contributed by atoms with van der Waals surface area (Å²) in [6, 6.07) is 11.6. The molecule has 0 aromatic heterocycles. The standard InChI is InChI=1S/C13H9BrCl2IN/c14-11-6-10(17)2-4-13(11)18-7-8-5-9(15)1-3-12(8)16/h1-6,18H,7H2. The second kappa shape index (κ2) is 6.46. The lowest BCUT2D eigenvalue weighted by molar-refractivity contribution is 1.15. The molecule has 2 aromatic carbocycles. The number of halogens is 4. The molecule has 0 spiro atoms. The van der Waals surface area contributed by atoms with Crippen LogP contribution in [0.5, 0.6) is 0 Å². The van der Waals surface area contributed by atoms with Gasteiger partial charge in [0.2, 0.25) is 0 Å². The molecule has 0 atom stereocenters. The van der Waals surface area contributed by atoms with E-state index < -0.39 is 0 Å². The molecular formula is C13H9BrCl2IN. The highest BCUT2D eigenvalue weighted by molar-refractivity contribution is 14.1. The molecule has 0 heterocycles. The maximum Gasteiger partial charge on any atom is 0.0488 e. The van der Waals surface area contributed by atoms with Gasteiger partial charge in [-0.2, -0.15) is 0 Å². The van der Waals surface area contributed by atoms with Crippen LogP contribution in [0.1, 0.15) is 5.56 Å². The van der Waals surface area contributed by atoms with Crippen LogP contribution in [0.15, 0.2) is 40.9 Å². The Labute approximate surface area is 138 Å². The highest BCUT2D eigenvalue weighted by atomic mass is 127. The number of benzene rings is 2. The summed E-state index contributed by atoms with van der Waals surface area (Å²) in [5, 5.41) is 4.74. The summed E-state index contributed by atoms with van der Waals surface area (Å²) in [6.07, 6.45) is 0. The van der Waals surface area contributed by atoms with Crippen LogP contribution < -0.4 is 5.32 Å². The van der Waals surface area contributed by atoms with E-state index >= 15 is 0 Å². The molecule has 18 heavy (non-hydrogen) atoms. The van der Waals surface area contributed by atoms with Gasteiger partial charge in [-0.1, -0.05) is 23.2 Å². The zero-order valence-corrected chi connectivity index (χ0v) is 14.4. The van der Waals surface area contributed by atoms with E-state index in [9.17, 15) is 0 Å². The second-order valence-corrected chi connectivity index (χ2v) is 6.66. The lowest BCUT2D eigenvalue weighted by Gasteiger charge is -2.10. The van der Waals surface area contributed by atoms with Gasteiger partial charge in [0.25, 0.3) is 0 Å². The van der Waals surface area contributed by atoms with E-state index in [2.05, 4.69) is 49.9 Å². The van der Waals surface area contributed by atoms with Crippen molar-refractivity contribution in [1.29, 1.82) is 0 Å². The molecule has 0 saturated heterocycles. The summed E-state index contributed by atoms with van der Waals surface area (Å²) < 4.78 is 2.22. The molecule has 0 aliphatic heterocycles. The molecule has 94 valence electrons. The molecule has 0 unspecified atom stereocenters. The van der Waals surface area contributed by atoms with Gasteiger partial charge in [-0.3, -0.25) is 0 Å². The summed E-state index contributed by atoms with van der Waals surface area (Å²) in [4.78, 5) is 0. The second-order valence-electron chi connectivity index (χ2n) is 3.71. The minimum Gasteiger partial charge on any atom is -0.380 e. The van der Waals surface area contributed by atoms with E-state index in [0.29, 0.717) is 16.6 Å². The molecule has 0 fully saturated rings. The van der Waals surface area contributed by atoms with E-state index in [1.54, 1.807) is 6.07 Å². The van der Waals surface area contributed by atoms with Crippen molar-refractivity contribution in [3.63, 3.8) is 0 Å². The first-order valence-corrected chi connectivity index (χ1v) is 7.82. The van der Waals surface area contributed by atoms with Crippen LogP contribution in [-0.2, 0) is 6.54 Å². The average molecular weight is 457 g/mol. The lowest BCUT2D eigenvalue weighted by atomic mass is 10.2. The molecule has 2 rings (SSSR count). The van der Waals surface area contributed by atoms with Gasteiger partial charge in [-0.25, -0.2) is 0 Å². The molecule has 0 saturated carbocycles. The Hall–Kier alpha value is 0.0300. The number of anilines is 1. The van der Waals surface area contributed by atoms with Gasteiger partial charge < -0.3 is 5.32 Å². The van der Waals surface area contributed by atoms with Gasteiger partial charge in [-0.15, -0.1) is 0 Å². The fourth-order valence-corrected chi connectivity index (χ4v) is 3.32. The molecule has 0 aliphatic carbocycles. The van der Waals surface area contributed by atoms with Gasteiger partial charge in [-0.05, 0) is 80.5 Å². The van der Waals surface area contributed by atoms with Crippen molar-refractivity contribution in [3.8, 4) is 0 Å². The summed E-state index contributed by atoms with van der Waals surface area (Å²) >= 11 is 17.9. The van der Waals surface area contributed by atoms with Crippen LogP contribution in [0.4, 0.5) is 5.69 Å². The third kappa shape index (κ3) is 3.76. The maximum atomic E-state index is 6.12. The van der Waals surface area contributed by atoms with E-state index in [-0.39, 0.29) is 0 Å². The highest BCUT2D eigenvalue weighted by Gasteiger charge is 2.04. The predicted octanol–water partition coefficient (Wildman–Crippen LogP) is 5.97. The van der Waals surface area contributed by atoms with Crippen LogP contribution >= 0.6 is 61.7 Å². The first-order chi connectivity index (χ1) is 8.56. The van der Waals surface area contributed by atoms with Crippen molar-refractivity contribution in [2.45, 2.75) is 6.54 Å². The number of nitrogens with one attached hydrogen (secondary N) is 1. The van der Waals surface area contributed by atoms with Crippen molar-refractivity contribution in [2.75, 3.05) is 5.32 Å². The van der Waals surface area contributed by atoms with Gasteiger partial charge in [0.1, 0.15) is 0 Å². The lowest BCUT2D eigenvalue weighted by Crippen LogP contribution is -2.00. The zero-order valence-electron chi connectivity index (χ0n) is 9.18. The average Bonchev–Trinajstić information content (AvgIpc) is 2.32. The summed E-state index contributed by atoms with van der Waals surface area (Å²) in [7, 11) is 0. The van der Waals surface area contributed by atoms with E-state index in [1.165, 1.54) is 3.57 Å². The van der Waals surface area contributed by atoms with Crippen LogP contribution in [0.2, 0.25) is 10.0 Å². The molecule has 0 amide bonds. The van der Waals surface area contributed by atoms with E-state index in [0.717, 1.165) is 15.7 Å². The molecular weight excluding hydrogens is 448 g/mol. The Kier molecular flexibility index (Phi) is 5.18. The Morgan fingerprint density at radius 2 is 1.89 bits per heavy atom. The summed E-state index contributed by atoms with van der Waals surface area (Å²) in [5.41, 5.74) is 2.01. The van der Waals surface area contributed by atoms with Crippen molar-refractivity contribution >= 4 is 67.4 Å². The first-order valence-electron chi connectivity index (χ1n) is 5.19. The molecule has 0 aliphatic rings. The first kappa shape index (κ1) is 14.4. The molecule has 0 bridgehead atoms. The molecule has 1 nitrogen and oxygen atoms in total. The fraction of sp³-hybridized carbons (Fsp3) is 0.0769. The third-order valence-electron chi connectivity index (χ3n) is 2.41.